The summed E-state index contributed by atoms with van der Waals surface area (Å²) in [6, 6.07) is 14.0. The first-order valence-corrected chi connectivity index (χ1v) is 12.5. The van der Waals surface area contributed by atoms with Gasteiger partial charge in [0.25, 0.3) is 5.56 Å². The normalized spacial score (nSPS) is 16.6. The van der Waals surface area contributed by atoms with Gasteiger partial charge in [0.15, 0.2) is 0 Å². The average molecular weight is 496 g/mol. The van der Waals surface area contributed by atoms with Crippen LogP contribution in [0, 0.1) is 5.82 Å². The van der Waals surface area contributed by atoms with E-state index in [0.29, 0.717) is 24.6 Å². The minimum Gasteiger partial charge on any atom is -0.341 e. The fourth-order valence-electron chi connectivity index (χ4n) is 4.66. The Morgan fingerprint density at radius 1 is 1.09 bits per heavy atom. The van der Waals surface area contributed by atoms with E-state index in [-0.39, 0.29) is 17.5 Å². The molecule has 1 N–H and O–H groups in total. The second-order valence-corrected chi connectivity index (χ2v) is 9.81. The minimum absolute atomic E-state index is 0.0107. The van der Waals surface area contributed by atoms with Crippen molar-refractivity contribution < 1.29 is 9.18 Å². The molecule has 1 atom stereocenters. The number of hydrogen-bond donors (Lipinski definition) is 1. The van der Waals surface area contributed by atoms with Crippen molar-refractivity contribution in [2.24, 2.45) is 14.1 Å². The summed E-state index contributed by atoms with van der Waals surface area (Å²) in [5.74, 6) is 0.246. The van der Waals surface area contributed by atoms with E-state index in [1.807, 2.05) is 28.0 Å². The van der Waals surface area contributed by atoms with E-state index in [0.717, 1.165) is 28.7 Å². The van der Waals surface area contributed by atoms with E-state index in [2.05, 4.69) is 11.4 Å². The van der Waals surface area contributed by atoms with Gasteiger partial charge >= 0.3 is 5.69 Å². The maximum absolute atomic E-state index is 13.5. The number of hydrogen-bond acceptors (Lipinski definition) is 6. The average Bonchev–Trinajstić information content (AvgIpc) is 3.23. The van der Waals surface area contributed by atoms with Crippen LogP contribution in [0.3, 0.4) is 0 Å². The number of fused-ring (bicyclic) bond motifs is 2. The van der Waals surface area contributed by atoms with E-state index in [9.17, 15) is 18.8 Å². The standard InChI is InChI=1S/C25H26FN5O3S/c1-28-22-21(23(33)29(2)25(28)34)31(14-16-9-11-18(26)12-10-16)24(27-22)35-15-20(32)30-13-5-7-17-6-3-4-8-19(17)30/h3-4,6,8-12,24,27H,5,7,13-15H2,1-2H3. The highest BCUT2D eigenvalue weighted by Gasteiger charge is 2.36. The third-order valence-electron chi connectivity index (χ3n) is 6.51. The van der Waals surface area contributed by atoms with Crippen molar-refractivity contribution in [1.82, 2.24) is 9.13 Å². The maximum Gasteiger partial charge on any atom is 0.332 e. The fourth-order valence-corrected chi connectivity index (χ4v) is 5.67. The van der Waals surface area contributed by atoms with Crippen LogP contribution in [-0.4, -0.2) is 32.8 Å². The largest absolute Gasteiger partial charge is 0.341 e. The van der Waals surface area contributed by atoms with Crippen LogP contribution in [0.2, 0.25) is 0 Å². The molecule has 0 aliphatic carbocycles. The third-order valence-corrected chi connectivity index (χ3v) is 7.62. The van der Waals surface area contributed by atoms with E-state index < -0.39 is 16.7 Å². The first-order chi connectivity index (χ1) is 16.8. The van der Waals surface area contributed by atoms with Crippen molar-refractivity contribution in [2.45, 2.75) is 24.9 Å². The number of thioether (sulfide) groups is 1. The van der Waals surface area contributed by atoms with Crippen molar-refractivity contribution in [3.05, 3.63) is 86.3 Å². The molecule has 0 radical (unpaired) electrons. The lowest BCUT2D eigenvalue weighted by molar-refractivity contribution is -0.116. The van der Waals surface area contributed by atoms with Gasteiger partial charge < -0.3 is 15.1 Å². The zero-order valence-electron chi connectivity index (χ0n) is 19.5. The van der Waals surface area contributed by atoms with E-state index in [1.165, 1.54) is 41.1 Å². The summed E-state index contributed by atoms with van der Waals surface area (Å²) < 4.78 is 15.9. The second-order valence-electron chi connectivity index (χ2n) is 8.74. The van der Waals surface area contributed by atoms with Crippen molar-refractivity contribution >= 4 is 34.9 Å². The molecule has 1 aromatic heterocycles. The lowest BCUT2D eigenvalue weighted by Crippen LogP contribution is -2.41. The Bertz CT molecular complexity index is 1400. The molecule has 182 valence electrons. The predicted octanol–water partition coefficient (Wildman–Crippen LogP) is 2.65. The molecule has 2 aromatic carbocycles. The molecule has 8 nitrogen and oxygen atoms in total. The van der Waals surface area contributed by atoms with Gasteiger partial charge in [0.1, 0.15) is 22.8 Å². The molecule has 3 aromatic rings. The van der Waals surface area contributed by atoms with Crippen LogP contribution in [0.25, 0.3) is 0 Å². The first kappa shape index (κ1) is 23.2. The molecule has 2 aliphatic rings. The van der Waals surface area contributed by atoms with Crippen LogP contribution >= 0.6 is 11.8 Å². The number of carbonyl (C=O) groups is 1. The lowest BCUT2D eigenvalue weighted by Gasteiger charge is -2.30. The molecule has 2 aliphatic heterocycles. The van der Waals surface area contributed by atoms with Crippen LogP contribution in [0.5, 0.6) is 0 Å². The summed E-state index contributed by atoms with van der Waals surface area (Å²) in [6.07, 6.45) is 1.87. The smallest absolute Gasteiger partial charge is 0.332 e. The Balaban J connectivity index is 1.42. The SMILES string of the molecule is Cn1c2c(c(=O)n(C)c1=O)N(Cc1ccc(F)cc1)C(SCC(=O)N1CCCc3ccccc31)N2. The molecule has 10 heteroatoms. The number of aromatic nitrogens is 2. The van der Waals surface area contributed by atoms with Crippen LogP contribution in [0.1, 0.15) is 17.5 Å². The summed E-state index contributed by atoms with van der Waals surface area (Å²) in [6.45, 7) is 0.981. The minimum atomic E-state index is -0.459. The number of benzene rings is 2. The molecule has 0 bridgehead atoms. The number of para-hydroxylation sites is 1. The monoisotopic (exact) mass is 495 g/mol. The second kappa shape index (κ2) is 9.26. The summed E-state index contributed by atoms with van der Waals surface area (Å²) >= 11 is 1.36. The Morgan fingerprint density at radius 2 is 1.83 bits per heavy atom. The molecular weight excluding hydrogens is 469 g/mol. The molecular formula is C25H26FN5O3S. The van der Waals surface area contributed by atoms with Gasteiger partial charge in [-0.15, -0.1) is 11.8 Å². The van der Waals surface area contributed by atoms with Crippen molar-refractivity contribution in [2.75, 3.05) is 27.4 Å². The third kappa shape index (κ3) is 4.22. The zero-order chi connectivity index (χ0) is 24.7. The fraction of sp³-hybridized carbons (Fsp3) is 0.320. The molecule has 3 heterocycles. The van der Waals surface area contributed by atoms with Crippen molar-refractivity contribution in [3.63, 3.8) is 0 Å². The van der Waals surface area contributed by atoms with Gasteiger partial charge in [0, 0.05) is 32.9 Å². The quantitative estimate of drug-likeness (QED) is 0.586. The summed E-state index contributed by atoms with van der Waals surface area (Å²) in [7, 11) is 3.05. The summed E-state index contributed by atoms with van der Waals surface area (Å²) in [5.41, 5.74) is 1.96. The van der Waals surface area contributed by atoms with Gasteiger partial charge in [-0.05, 0) is 42.2 Å². The Morgan fingerprint density at radius 3 is 2.60 bits per heavy atom. The van der Waals surface area contributed by atoms with Crippen LogP contribution < -0.4 is 26.4 Å². The Labute approximate surface area is 206 Å². The van der Waals surface area contributed by atoms with E-state index in [1.54, 1.807) is 19.2 Å². The summed E-state index contributed by atoms with van der Waals surface area (Å²) in [5, 5.41) is 3.26. The highest BCUT2D eigenvalue weighted by atomic mass is 32.2. The molecule has 5 rings (SSSR count). The van der Waals surface area contributed by atoms with E-state index in [4.69, 9.17) is 0 Å². The number of aryl methyl sites for hydroxylation is 1. The Kier molecular flexibility index (Phi) is 6.14. The molecule has 1 amide bonds. The zero-order valence-corrected chi connectivity index (χ0v) is 20.3. The predicted molar refractivity (Wildman–Crippen MR) is 136 cm³/mol. The number of nitrogens with zero attached hydrogens (tertiary/aromatic N) is 4. The number of nitrogens with one attached hydrogen (secondary N) is 1. The van der Waals surface area contributed by atoms with Gasteiger partial charge in [0.05, 0.1) is 5.75 Å². The van der Waals surface area contributed by atoms with Gasteiger partial charge in [-0.25, -0.2) is 9.18 Å². The molecule has 0 fully saturated rings. The van der Waals surface area contributed by atoms with Gasteiger partial charge in [-0.1, -0.05) is 30.3 Å². The Hall–Kier alpha value is -3.53. The van der Waals surface area contributed by atoms with Crippen LogP contribution in [-0.2, 0) is 31.9 Å². The molecule has 0 saturated carbocycles. The van der Waals surface area contributed by atoms with Crippen LogP contribution in [0.15, 0.2) is 58.1 Å². The maximum atomic E-state index is 13.5. The van der Waals surface area contributed by atoms with Crippen molar-refractivity contribution in [3.8, 4) is 0 Å². The first-order valence-electron chi connectivity index (χ1n) is 11.4. The lowest BCUT2D eigenvalue weighted by atomic mass is 10.0. The molecule has 35 heavy (non-hydrogen) atoms. The van der Waals surface area contributed by atoms with Crippen LogP contribution in [0.4, 0.5) is 21.6 Å². The van der Waals surface area contributed by atoms with Crippen molar-refractivity contribution in [1.29, 1.82) is 0 Å². The summed E-state index contributed by atoms with van der Waals surface area (Å²) in [4.78, 5) is 42.5. The van der Waals surface area contributed by atoms with Gasteiger partial charge in [0.2, 0.25) is 5.91 Å². The number of rotatable bonds is 5. The number of halogens is 1. The van der Waals surface area contributed by atoms with Gasteiger partial charge in [-0.2, -0.15) is 0 Å². The number of carbonyl (C=O) groups excluding carboxylic acids is 1. The highest BCUT2D eigenvalue weighted by molar-refractivity contribution is 8.00. The number of anilines is 3. The number of amides is 1. The highest BCUT2D eigenvalue weighted by Crippen LogP contribution is 2.36. The molecule has 0 saturated heterocycles. The van der Waals surface area contributed by atoms with Gasteiger partial charge in [-0.3, -0.25) is 18.7 Å². The molecule has 0 spiro atoms. The molecule has 1 unspecified atom stereocenters. The topological polar surface area (TPSA) is 79.6 Å². The van der Waals surface area contributed by atoms with E-state index >= 15 is 0 Å².